The maximum atomic E-state index is 13.1. The molecule has 6 heteroatoms. The summed E-state index contributed by atoms with van der Waals surface area (Å²) >= 11 is 0. The molecular formula is C13H16FNO4. The lowest BCUT2D eigenvalue weighted by Crippen LogP contribution is -2.13. The molecule has 5 nitrogen and oxygen atoms in total. The van der Waals surface area contributed by atoms with E-state index in [2.05, 4.69) is 0 Å². The summed E-state index contributed by atoms with van der Waals surface area (Å²) in [5, 5.41) is 10.8. The molecule has 0 radical (unpaired) electrons. The van der Waals surface area contributed by atoms with Crippen molar-refractivity contribution in [2.24, 2.45) is 5.92 Å². The van der Waals surface area contributed by atoms with Crippen LogP contribution in [0.4, 0.5) is 10.1 Å². The number of halogens is 1. The van der Waals surface area contributed by atoms with Gasteiger partial charge in [0.2, 0.25) is 0 Å². The van der Waals surface area contributed by atoms with Crippen LogP contribution in [0.5, 0.6) is 0 Å². The first-order chi connectivity index (χ1) is 8.95. The minimum absolute atomic E-state index is 0.167. The van der Waals surface area contributed by atoms with Gasteiger partial charge in [-0.1, -0.05) is 20.3 Å². The molecule has 0 N–H and O–H groups in total. The maximum absolute atomic E-state index is 13.1. The summed E-state index contributed by atoms with van der Waals surface area (Å²) in [6, 6.07) is 2.72. The van der Waals surface area contributed by atoms with E-state index in [0.29, 0.717) is 0 Å². The average molecular weight is 269 g/mol. The molecule has 0 saturated carbocycles. The minimum Gasteiger partial charge on any atom is -0.462 e. The second-order valence-corrected chi connectivity index (χ2v) is 4.41. The Morgan fingerprint density at radius 1 is 1.53 bits per heavy atom. The summed E-state index contributed by atoms with van der Waals surface area (Å²) in [5.41, 5.74) is -0.803. The summed E-state index contributed by atoms with van der Waals surface area (Å²) in [6.45, 7) is 4.09. The molecule has 19 heavy (non-hydrogen) atoms. The largest absolute Gasteiger partial charge is 0.462 e. The third-order valence-corrected chi connectivity index (χ3v) is 2.66. The molecule has 1 atom stereocenters. The van der Waals surface area contributed by atoms with Gasteiger partial charge in [-0.25, -0.2) is 9.18 Å². The van der Waals surface area contributed by atoms with Gasteiger partial charge in [0.25, 0.3) is 5.69 Å². The highest BCUT2D eigenvalue weighted by molar-refractivity contribution is 5.93. The number of nitro groups is 1. The van der Waals surface area contributed by atoms with E-state index in [9.17, 15) is 19.3 Å². The van der Waals surface area contributed by atoms with E-state index in [-0.39, 0.29) is 18.1 Å². The molecule has 0 bridgehead atoms. The molecule has 1 aromatic carbocycles. The Bertz CT molecular complexity index is 476. The quantitative estimate of drug-likeness (QED) is 0.451. The third kappa shape index (κ3) is 4.31. The fraction of sp³-hybridized carbons (Fsp3) is 0.462. The normalized spacial score (nSPS) is 11.9. The number of esters is 1. The molecule has 0 amide bonds. The third-order valence-electron chi connectivity index (χ3n) is 2.66. The van der Waals surface area contributed by atoms with Crippen molar-refractivity contribution in [2.45, 2.75) is 26.7 Å². The zero-order chi connectivity index (χ0) is 14.4. The van der Waals surface area contributed by atoms with E-state index in [1.54, 1.807) is 0 Å². The highest BCUT2D eigenvalue weighted by atomic mass is 19.1. The van der Waals surface area contributed by atoms with Crippen LogP contribution in [0, 0.1) is 21.8 Å². The van der Waals surface area contributed by atoms with Gasteiger partial charge < -0.3 is 4.74 Å². The Morgan fingerprint density at radius 2 is 2.21 bits per heavy atom. The number of hydrogen-bond acceptors (Lipinski definition) is 4. The van der Waals surface area contributed by atoms with Crippen molar-refractivity contribution in [1.82, 2.24) is 0 Å². The molecule has 104 valence electrons. The summed E-state index contributed by atoms with van der Waals surface area (Å²) in [4.78, 5) is 21.8. The van der Waals surface area contributed by atoms with Gasteiger partial charge in [0.05, 0.1) is 11.5 Å². The molecule has 0 aromatic heterocycles. The Kier molecular flexibility index (Phi) is 5.41. The fourth-order valence-electron chi connectivity index (χ4n) is 1.70. The van der Waals surface area contributed by atoms with Crippen LogP contribution in [0.3, 0.4) is 0 Å². The first-order valence-electron chi connectivity index (χ1n) is 6.06. The van der Waals surface area contributed by atoms with Crippen molar-refractivity contribution in [3.05, 3.63) is 39.7 Å². The van der Waals surface area contributed by atoms with Crippen LogP contribution in [0.1, 0.15) is 37.0 Å². The van der Waals surface area contributed by atoms with E-state index < -0.39 is 22.4 Å². The number of nitro benzene ring substituents is 1. The number of rotatable bonds is 6. The van der Waals surface area contributed by atoms with Crippen molar-refractivity contribution in [1.29, 1.82) is 0 Å². The molecule has 0 aliphatic carbocycles. The molecule has 1 unspecified atom stereocenters. The molecule has 0 aliphatic heterocycles. The Labute approximate surface area is 110 Å². The number of benzene rings is 1. The van der Waals surface area contributed by atoms with Gasteiger partial charge in [0.15, 0.2) is 0 Å². The lowest BCUT2D eigenvalue weighted by Gasteiger charge is -2.10. The van der Waals surface area contributed by atoms with E-state index in [1.807, 2.05) is 13.8 Å². The van der Waals surface area contributed by atoms with E-state index in [0.717, 1.165) is 31.0 Å². The number of carbonyl (C=O) groups excluding carboxylic acids is 1. The average Bonchev–Trinajstić information content (AvgIpc) is 2.35. The van der Waals surface area contributed by atoms with Crippen LogP contribution < -0.4 is 0 Å². The summed E-state index contributed by atoms with van der Waals surface area (Å²) in [7, 11) is 0. The molecule has 0 fully saturated rings. The highest BCUT2D eigenvalue weighted by Crippen LogP contribution is 2.21. The number of nitrogens with zero attached hydrogens (tertiary/aromatic N) is 1. The first-order valence-corrected chi connectivity index (χ1v) is 6.06. The van der Waals surface area contributed by atoms with Gasteiger partial charge in [-0.2, -0.15) is 0 Å². The lowest BCUT2D eigenvalue weighted by molar-refractivity contribution is -0.385. The maximum Gasteiger partial charge on any atom is 0.345 e. The monoisotopic (exact) mass is 269 g/mol. The molecular weight excluding hydrogens is 253 g/mol. The lowest BCUT2D eigenvalue weighted by atomic mass is 10.1. The van der Waals surface area contributed by atoms with Crippen molar-refractivity contribution >= 4 is 11.7 Å². The van der Waals surface area contributed by atoms with Crippen molar-refractivity contribution in [3.63, 3.8) is 0 Å². The van der Waals surface area contributed by atoms with Gasteiger partial charge in [-0.3, -0.25) is 10.1 Å². The van der Waals surface area contributed by atoms with Gasteiger partial charge in [0, 0.05) is 6.07 Å². The van der Waals surface area contributed by atoms with Crippen molar-refractivity contribution in [2.75, 3.05) is 6.61 Å². The highest BCUT2D eigenvalue weighted by Gasteiger charge is 2.22. The molecule has 0 saturated heterocycles. The zero-order valence-electron chi connectivity index (χ0n) is 10.9. The smallest absolute Gasteiger partial charge is 0.345 e. The van der Waals surface area contributed by atoms with Gasteiger partial charge >= 0.3 is 5.97 Å². The topological polar surface area (TPSA) is 69.4 Å². The Morgan fingerprint density at radius 3 is 2.79 bits per heavy atom. The molecule has 0 aliphatic rings. The van der Waals surface area contributed by atoms with Crippen LogP contribution in [0.2, 0.25) is 0 Å². The number of carbonyl (C=O) groups is 1. The van der Waals surface area contributed by atoms with Gasteiger partial charge in [-0.05, 0) is 24.5 Å². The van der Waals surface area contributed by atoms with Crippen molar-refractivity contribution < 1.29 is 18.8 Å². The predicted octanol–water partition coefficient (Wildman–Crippen LogP) is 3.33. The second-order valence-electron chi connectivity index (χ2n) is 4.41. The van der Waals surface area contributed by atoms with Crippen LogP contribution in [-0.2, 0) is 4.74 Å². The standard InChI is InChI=1S/C13H16FNO4/c1-3-4-9(2)8-19-13(16)11-7-10(14)5-6-12(11)15(17)18/h5-7,9H,3-4,8H2,1-2H3. The second kappa shape index (κ2) is 6.82. The molecule has 1 rings (SSSR count). The number of ether oxygens (including phenoxy) is 1. The fourth-order valence-corrected chi connectivity index (χ4v) is 1.70. The zero-order valence-corrected chi connectivity index (χ0v) is 10.9. The first kappa shape index (κ1) is 15.1. The van der Waals surface area contributed by atoms with Crippen LogP contribution in [0.15, 0.2) is 18.2 Å². The van der Waals surface area contributed by atoms with E-state index >= 15 is 0 Å². The Hall–Kier alpha value is -1.98. The number of hydrogen-bond donors (Lipinski definition) is 0. The van der Waals surface area contributed by atoms with Crippen LogP contribution in [-0.4, -0.2) is 17.5 Å². The predicted molar refractivity (Wildman–Crippen MR) is 67.4 cm³/mol. The van der Waals surface area contributed by atoms with Crippen LogP contribution in [0.25, 0.3) is 0 Å². The SMILES string of the molecule is CCCC(C)COC(=O)c1cc(F)ccc1[N+](=O)[O-]. The minimum atomic E-state index is -0.867. The summed E-state index contributed by atoms with van der Waals surface area (Å²) in [6.07, 6.45) is 1.84. The molecule has 0 heterocycles. The Balaban J connectivity index is 2.81. The molecule has 0 spiro atoms. The van der Waals surface area contributed by atoms with E-state index in [1.165, 1.54) is 0 Å². The van der Waals surface area contributed by atoms with E-state index in [4.69, 9.17) is 4.74 Å². The van der Waals surface area contributed by atoms with Crippen LogP contribution >= 0.6 is 0 Å². The summed E-state index contributed by atoms with van der Waals surface area (Å²) in [5.74, 6) is -1.41. The van der Waals surface area contributed by atoms with Gasteiger partial charge in [-0.15, -0.1) is 0 Å². The van der Waals surface area contributed by atoms with Gasteiger partial charge in [0.1, 0.15) is 11.4 Å². The van der Waals surface area contributed by atoms with Crippen molar-refractivity contribution in [3.8, 4) is 0 Å². The molecule has 1 aromatic rings. The summed E-state index contributed by atoms with van der Waals surface area (Å²) < 4.78 is 18.0.